The topological polar surface area (TPSA) is 108 Å². The predicted octanol–water partition coefficient (Wildman–Crippen LogP) is 12.9. The molecule has 56 heavy (non-hydrogen) atoms. The maximum Gasteiger partial charge on any atom is 0.472 e. The number of carbonyl (C=O) groups excluding carboxylic acids is 2. The number of unbranched alkanes of at least 4 members (excludes halogenated alkanes) is 21. The fraction of sp³-hybridized carbons (Fsp3) is 0.826. The highest BCUT2D eigenvalue weighted by Gasteiger charge is 2.27. The van der Waals surface area contributed by atoms with Crippen LogP contribution < -0.4 is 0 Å². The van der Waals surface area contributed by atoms with Crippen molar-refractivity contribution in [3.05, 3.63) is 36.5 Å². The van der Waals surface area contributed by atoms with Crippen molar-refractivity contribution >= 4 is 19.8 Å². The molecule has 0 aromatic carbocycles. The summed E-state index contributed by atoms with van der Waals surface area (Å²) in [7, 11) is 1.46. The van der Waals surface area contributed by atoms with Gasteiger partial charge >= 0.3 is 19.8 Å². The Labute approximate surface area is 344 Å². The molecule has 0 radical (unpaired) electrons. The standard InChI is InChI=1S/C46H86NO8P/c1-6-8-10-12-14-16-18-20-22-23-25-27-29-31-33-35-37-39-46(49)55-44(43-54-56(50,51)53-41-40-47(3,4)5)42-52-45(48)38-36-34-32-30-28-26-24-21-19-17-15-13-11-9-7-2/h20-22,24,28,30,44H,6-19,23,25-27,29,31-43H2,1-5H3/p+1/b22-20+,24-21+,30-28+/t44-/m1/s1. The van der Waals surface area contributed by atoms with E-state index in [4.69, 9.17) is 18.5 Å². The van der Waals surface area contributed by atoms with Crippen molar-refractivity contribution in [2.24, 2.45) is 0 Å². The summed E-state index contributed by atoms with van der Waals surface area (Å²) >= 11 is 0. The Balaban J connectivity index is 4.39. The molecule has 0 saturated carbocycles. The van der Waals surface area contributed by atoms with Gasteiger partial charge in [0, 0.05) is 12.8 Å². The van der Waals surface area contributed by atoms with Crippen LogP contribution in [0.25, 0.3) is 0 Å². The van der Waals surface area contributed by atoms with E-state index in [1.54, 1.807) is 0 Å². The van der Waals surface area contributed by atoms with Crippen molar-refractivity contribution in [2.75, 3.05) is 47.5 Å². The van der Waals surface area contributed by atoms with Crippen LogP contribution in [0, 0.1) is 0 Å². The molecule has 0 rings (SSSR count). The maximum absolute atomic E-state index is 12.7. The second-order valence-corrected chi connectivity index (χ2v) is 17.9. The van der Waals surface area contributed by atoms with E-state index in [1.165, 1.54) is 103 Å². The monoisotopic (exact) mass is 813 g/mol. The molecular formula is C46H87NO8P+. The zero-order valence-electron chi connectivity index (χ0n) is 36.9. The van der Waals surface area contributed by atoms with E-state index in [9.17, 15) is 19.0 Å². The van der Waals surface area contributed by atoms with Crippen molar-refractivity contribution in [3.63, 3.8) is 0 Å². The lowest BCUT2D eigenvalue weighted by molar-refractivity contribution is -0.870. The first kappa shape index (κ1) is 54.2. The zero-order chi connectivity index (χ0) is 41.4. The number of nitrogens with zero attached hydrogens (tertiary/aromatic N) is 1. The first-order valence-corrected chi connectivity index (χ1v) is 24.2. The smallest absolute Gasteiger partial charge is 0.462 e. The van der Waals surface area contributed by atoms with Crippen LogP contribution in [-0.4, -0.2) is 74.9 Å². The Bertz CT molecular complexity index is 1050. The molecule has 0 aliphatic carbocycles. The third-order valence-corrected chi connectivity index (χ3v) is 10.6. The van der Waals surface area contributed by atoms with Gasteiger partial charge in [-0.05, 0) is 70.6 Å². The molecule has 2 atom stereocenters. The second kappa shape index (κ2) is 38.7. The molecule has 328 valence electrons. The number of phosphoric ester groups is 1. The van der Waals surface area contributed by atoms with Crippen LogP contribution in [-0.2, 0) is 32.7 Å². The summed E-state index contributed by atoms with van der Waals surface area (Å²) in [4.78, 5) is 35.4. The molecule has 0 aliphatic rings. The highest BCUT2D eigenvalue weighted by Crippen LogP contribution is 2.43. The Morgan fingerprint density at radius 2 is 0.964 bits per heavy atom. The molecule has 0 saturated heterocycles. The van der Waals surface area contributed by atoms with Crippen molar-refractivity contribution in [3.8, 4) is 0 Å². The SMILES string of the molecule is CCCCCCCC/C=C/C/C=C/CCCCC(=O)OC[C@H](COP(=O)(O)OCC[N+](C)(C)C)OC(=O)CCCCCCCCC/C=C/CCCCCCCC. The van der Waals surface area contributed by atoms with Gasteiger partial charge in [-0.3, -0.25) is 18.6 Å². The van der Waals surface area contributed by atoms with Gasteiger partial charge in [-0.15, -0.1) is 0 Å². The molecule has 0 aromatic rings. The van der Waals surface area contributed by atoms with Gasteiger partial charge in [0.2, 0.25) is 0 Å². The number of quaternary nitrogens is 1. The van der Waals surface area contributed by atoms with Crippen molar-refractivity contribution in [1.29, 1.82) is 0 Å². The van der Waals surface area contributed by atoms with E-state index in [0.717, 1.165) is 51.4 Å². The van der Waals surface area contributed by atoms with Gasteiger partial charge in [-0.25, -0.2) is 4.57 Å². The first-order valence-electron chi connectivity index (χ1n) is 22.7. The number of ether oxygens (including phenoxy) is 2. The van der Waals surface area contributed by atoms with Gasteiger partial charge in [-0.2, -0.15) is 0 Å². The number of carbonyl (C=O) groups is 2. The van der Waals surface area contributed by atoms with Gasteiger partial charge in [0.05, 0.1) is 27.7 Å². The Hall–Kier alpha value is -1.77. The minimum absolute atomic E-state index is 0.0260. The van der Waals surface area contributed by atoms with Crippen LogP contribution in [0.1, 0.15) is 194 Å². The molecule has 0 fully saturated rings. The van der Waals surface area contributed by atoms with Crippen LogP contribution in [0.3, 0.4) is 0 Å². The van der Waals surface area contributed by atoms with Crippen molar-refractivity contribution in [2.45, 2.75) is 200 Å². The minimum atomic E-state index is -4.38. The quantitative estimate of drug-likeness (QED) is 0.0214. The number of likely N-dealkylation sites (N-methyl/N-ethyl adjacent to an activating group) is 1. The number of allylic oxidation sites excluding steroid dienone is 6. The molecule has 1 N–H and O–H groups in total. The molecule has 0 aliphatic heterocycles. The molecule has 0 amide bonds. The summed E-state index contributed by atoms with van der Waals surface area (Å²) < 4.78 is 34.3. The largest absolute Gasteiger partial charge is 0.472 e. The highest BCUT2D eigenvalue weighted by atomic mass is 31.2. The normalized spacial score (nSPS) is 13.9. The van der Waals surface area contributed by atoms with Gasteiger partial charge in [0.15, 0.2) is 6.10 Å². The predicted molar refractivity (Wildman–Crippen MR) is 234 cm³/mol. The van der Waals surface area contributed by atoms with Crippen LogP contribution in [0.5, 0.6) is 0 Å². The highest BCUT2D eigenvalue weighted by molar-refractivity contribution is 7.47. The summed E-state index contributed by atoms with van der Waals surface area (Å²) in [5.41, 5.74) is 0. The lowest BCUT2D eigenvalue weighted by Crippen LogP contribution is -2.37. The van der Waals surface area contributed by atoms with E-state index in [-0.39, 0.29) is 26.1 Å². The first-order chi connectivity index (χ1) is 27.0. The van der Waals surface area contributed by atoms with Crippen molar-refractivity contribution in [1.82, 2.24) is 0 Å². The fourth-order valence-electron chi connectivity index (χ4n) is 6.04. The summed E-state index contributed by atoms with van der Waals surface area (Å²) in [6.07, 6.45) is 43.3. The molecule has 0 aromatic heterocycles. The molecule has 0 bridgehead atoms. The number of rotatable bonds is 41. The zero-order valence-corrected chi connectivity index (χ0v) is 37.8. The molecular weight excluding hydrogens is 725 g/mol. The van der Waals surface area contributed by atoms with E-state index in [2.05, 4.69) is 50.3 Å². The number of esters is 2. The van der Waals surface area contributed by atoms with Gasteiger partial charge in [-0.1, -0.05) is 147 Å². The van der Waals surface area contributed by atoms with Gasteiger partial charge in [0.25, 0.3) is 0 Å². The number of phosphoric acid groups is 1. The van der Waals surface area contributed by atoms with Crippen LogP contribution in [0.4, 0.5) is 0 Å². The van der Waals surface area contributed by atoms with Crippen LogP contribution in [0.2, 0.25) is 0 Å². The summed E-state index contributed by atoms with van der Waals surface area (Å²) in [5, 5.41) is 0. The summed E-state index contributed by atoms with van der Waals surface area (Å²) in [6, 6.07) is 0. The molecule has 1 unspecified atom stereocenters. The van der Waals surface area contributed by atoms with E-state index >= 15 is 0 Å². The molecule has 10 heteroatoms. The van der Waals surface area contributed by atoms with Crippen LogP contribution in [0.15, 0.2) is 36.5 Å². The van der Waals surface area contributed by atoms with E-state index in [0.29, 0.717) is 23.9 Å². The Morgan fingerprint density at radius 1 is 0.554 bits per heavy atom. The third-order valence-electron chi connectivity index (χ3n) is 9.64. The third kappa shape index (κ3) is 41.9. The average molecular weight is 813 g/mol. The van der Waals surface area contributed by atoms with Gasteiger partial charge in [0.1, 0.15) is 19.8 Å². The number of hydrogen-bond acceptors (Lipinski definition) is 7. The maximum atomic E-state index is 12.7. The second-order valence-electron chi connectivity index (χ2n) is 16.4. The Morgan fingerprint density at radius 3 is 1.46 bits per heavy atom. The van der Waals surface area contributed by atoms with E-state index in [1.807, 2.05) is 21.1 Å². The summed E-state index contributed by atoms with van der Waals surface area (Å²) in [6.45, 7) is 4.37. The Kier molecular flexibility index (Phi) is 37.5. The fourth-order valence-corrected chi connectivity index (χ4v) is 6.78. The number of hydrogen-bond donors (Lipinski definition) is 1. The van der Waals surface area contributed by atoms with Crippen LogP contribution >= 0.6 is 7.82 Å². The van der Waals surface area contributed by atoms with Gasteiger partial charge < -0.3 is 18.9 Å². The van der Waals surface area contributed by atoms with E-state index < -0.39 is 32.5 Å². The molecule has 0 heterocycles. The molecule has 0 spiro atoms. The lowest BCUT2D eigenvalue weighted by atomic mass is 10.1. The van der Waals surface area contributed by atoms with Crippen molar-refractivity contribution < 1.29 is 42.1 Å². The average Bonchev–Trinajstić information content (AvgIpc) is 3.15. The lowest BCUT2D eigenvalue weighted by Gasteiger charge is -2.24. The summed E-state index contributed by atoms with van der Waals surface area (Å²) in [5.74, 6) is -0.839. The minimum Gasteiger partial charge on any atom is -0.462 e. The molecule has 9 nitrogen and oxygen atoms in total.